The summed E-state index contributed by atoms with van der Waals surface area (Å²) in [5.41, 5.74) is 7.77. The summed E-state index contributed by atoms with van der Waals surface area (Å²) in [5.74, 6) is 3.63. The van der Waals surface area contributed by atoms with Gasteiger partial charge >= 0.3 is 0 Å². The smallest absolute Gasteiger partial charge is 0.256 e. The molecule has 38 heavy (non-hydrogen) atoms. The number of ether oxygens (including phenoxy) is 5. The summed E-state index contributed by atoms with van der Waals surface area (Å²) in [5, 5.41) is 0. The predicted octanol–water partition coefficient (Wildman–Crippen LogP) is 5.25. The Morgan fingerprint density at radius 3 is 2.42 bits per heavy atom. The molecule has 5 rings (SSSR count). The molecule has 1 fully saturated rings. The molecule has 2 aliphatic rings. The summed E-state index contributed by atoms with van der Waals surface area (Å²) in [4.78, 5) is 19.4. The molecule has 3 aromatic rings. The van der Waals surface area contributed by atoms with E-state index in [2.05, 4.69) is 4.99 Å². The topological polar surface area (TPSA) is 105 Å². The first-order valence-corrected chi connectivity index (χ1v) is 12.6. The van der Waals surface area contributed by atoms with Gasteiger partial charge in [0.2, 0.25) is 0 Å². The number of hydrogen-bond acceptors (Lipinski definition) is 8. The number of nitrogens with two attached hydrogens (primary N) is 1. The fraction of sp³-hybridized carbons (Fsp3) is 0.310. The second kappa shape index (κ2) is 11.3. The lowest BCUT2D eigenvalue weighted by molar-refractivity contribution is 0.0774. The standard InChI is InChI=1S/C29H31N3O6/c1-34-20-6-8-21(9-7-20)38-26-11-10-22(15-24(26)30)36-13-4-14-37-28-17-25-23(16-27(28)35-2)29(33)32-12-3-5-19(32)18-31-25/h6-11,15-19H,3-5,12-14,30H2,1-2H3/t19-/m0/s1. The highest BCUT2D eigenvalue weighted by atomic mass is 16.5. The van der Waals surface area contributed by atoms with E-state index in [9.17, 15) is 4.79 Å². The lowest BCUT2D eigenvalue weighted by Crippen LogP contribution is -2.35. The van der Waals surface area contributed by atoms with Crippen molar-refractivity contribution in [3.8, 4) is 34.5 Å². The molecule has 0 unspecified atom stereocenters. The van der Waals surface area contributed by atoms with Crippen LogP contribution in [0.4, 0.5) is 11.4 Å². The van der Waals surface area contributed by atoms with Gasteiger partial charge in [0.1, 0.15) is 17.2 Å². The highest BCUT2D eigenvalue weighted by molar-refractivity contribution is 6.03. The molecule has 0 saturated carbocycles. The number of benzene rings is 3. The van der Waals surface area contributed by atoms with Crippen molar-refractivity contribution in [2.24, 2.45) is 4.99 Å². The van der Waals surface area contributed by atoms with E-state index < -0.39 is 0 Å². The molecule has 1 atom stereocenters. The van der Waals surface area contributed by atoms with Gasteiger partial charge in [-0.1, -0.05) is 0 Å². The summed E-state index contributed by atoms with van der Waals surface area (Å²) in [6, 6.07) is 16.1. The van der Waals surface area contributed by atoms with Gasteiger partial charge in [0.25, 0.3) is 5.91 Å². The summed E-state index contributed by atoms with van der Waals surface area (Å²) in [7, 11) is 3.18. The van der Waals surface area contributed by atoms with Crippen LogP contribution in [-0.2, 0) is 0 Å². The molecule has 0 aromatic heterocycles. The highest BCUT2D eigenvalue weighted by Gasteiger charge is 2.32. The van der Waals surface area contributed by atoms with Crippen molar-refractivity contribution >= 4 is 23.5 Å². The molecule has 9 heteroatoms. The number of carbonyl (C=O) groups excluding carboxylic acids is 1. The number of nitrogens with zero attached hydrogens (tertiary/aromatic N) is 2. The Bertz CT molecular complexity index is 1320. The Labute approximate surface area is 221 Å². The molecule has 198 valence electrons. The Hall–Kier alpha value is -4.40. The first-order valence-electron chi connectivity index (χ1n) is 12.6. The maximum Gasteiger partial charge on any atom is 0.256 e. The first kappa shape index (κ1) is 25.3. The second-order valence-corrected chi connectivity index (χ2v) is 9.03. The number of carbonyl (C=O) groups is 1. The molecule has 2 heterocycles. The van der Waals surface area contributed by atoms with Gasteiger partial charge in [-0.25, -0.2) is 0 Å². The third-order valence-corrected chi connectivity index (χ3v) is 6.54. The molecule has 0 bridgehead atoms. The number of methoxy groups -OCH3 is 2. The van der Waals surface area contributed by atoms with Crippen LogP contribution >= 0.6 is 0 Å². The predicted molar refractivity (Wildman–Crippen MR) is 145 cm³/mol. The van der Waals surface area contributed by atoms with Gasteiger partial charge in [-0.15, -0.1) is 0 Å². The number of nitrogen functional groups attached to an aromatic ring is 1. The molecular weight excluding hydrogens is 486 g/mol. The Balaban J connectivity index is 1.14. The Morgan fingerprint density at radius 1 is 0.895 bits per heavy atom. The van der Waals surface area contributed by atoms with Crippen molar-refractivity contribution in [3.63, 3.8) is 0 Å². The van der Waals surface area contributed by atoms with Crippen LogP contribution in [0.1, 0.15) is 29.6 Å². The number of hydrogen-bond donors (Lipinski definition) is 1. The molecule has 9 nitrogen and oxygen atoms in total. The van der Waals surface area contributed by atoms with Crippen LogP contribution in [0, 0.1) is 0 Å². The van der Waals surface area contributed by atoms with E-state index in [0.29, 0.717) is 65.3 Å². The zero-order chi connectivity index (χ0) is 26.5. The van der Waals surface area contributed by atoms with Gasteiger partial charge in [-0.3, -0.25) is 9.79 Å². The second-order valence-electron chi connectivity index (χ2n) is 9.03. The van der Waals surface area contributed by atoms with Crippen molar-refractivity contribution in [3.05, 3.63) is 60.2 Å². The quantitative estimate of drug-likeness (QED) is 0.289. The highest BCUT2D eigenvalue weighted by Crippen LogP contribution is 2.38. The zero-order valence-electron chi connectivity index (χ0n) is 21.5. The molecule has 2 N–H and O–H groups in total. The Kier molecular flexibility index (Phi) is 7.53. The maximum atomic E-state index is 13.0. The third-order valence-electron chi connectivity index (χ3n) is 6.54. The largest absolute Gasteiger partial charge is 0.497 e. The van der Waals surface area contributed by atoms with Crippen LogP contribution in [-0.4, -0.2) is 57.0 Å². The average Bonchev–Trinajstić information content (AvgIpc) is 3.37. The van der Waals surface area contributed by atoms with Crippen LogP contribution in [0.15, 0.2) is 59.6 Å². The number of aliphatic imine (C=N–C) groups is 1. The molecule has 3 aromatic carbocycles. The van der Waals surface area contributed by atoms with Crippen LogP contribution in [0.25, 0.3) is 0 Å². The van der Waals surface area contributed by atoms with Gasteiger partial charge < -0.3 is 34.3 Å². The van der Waals surface area contributed by atoms with E-state index in [0.717, 1.165) is 25.1 Å². The van der Waals surface area contributed by atoms with Gasteiger partial charge in [-0.2, -0.15) is 0 Å². The lowest BCUT2D eigenvalue weighted by atomic mass is 10.1. The maximum absolute atomic E-state index is 13.0. The molecule has 1 saturated heterocycles. The van der Waals surface area contributed by atoms with E-state index in [1.807, 2.05) is 41.4 Å². The van der Waals surface area contributed by atoms with E-state index in [4.69, 9.17) is 29.4 Å². The van der Waals surface area contributed by atoms with Crippen molar-refractivity contribution in [1.82, 2.24) is 4.90 Å². The SMILES string of the molecule is COc1ccc(Oc2ccc(OCCCOc3cc4c(cc3OC)C(=O)N3CCC[C@H]3C=N4)cc2N)cc1. The van der Waals surface area contributed by atoms with Crippen molar-refractivity contribution in [1.29, 1.82) is 0 Å². The monoisotopic (exact) mass is 517 g/mol. The van der Waals surface area contributed by atoms with Gasteiger partial charge in [0.15, 0.2) is 17.2 Å². The minimum Gasteiger partial charge on any atom is -0.497 e. The lowest BCUT2D eigenvalue weighted by Gasteiger charge is -2.20. The van der Waals surface area contributed by atoms with E-state index in [-0.39, 0.29) is 11.9 Å². The number of anilines is 1. The summed E-state index contributed by atoms with van der Waals surface area (Å²) < 4.78 is 28.3. The van der Waals surface area contributed by atoms with E-state index in [1.165, 1.54) is 0 Å². The van der Waals surface area contributed by atoms with E-state index >= 15 is 0 Å². The van der Waals surface area contributed by atoms with E-state index in [1.54, 1.807) is 38.5 Å². The van der Waals surface area contributed by atoms with Crippen LogP contribution in [0.3, 0.4) is 0 Å². The first-order chi connectivity index (χ1) is 18.6. The van der Waals surface area contributed by atoms with Crippen LogP contribution < -0.4 is 29.4 Å². The van der Waals surface area contributed by atoms with Crippen molar-refractivity contribution < 1.29 is 28.5 Å². The molecular formula is C29H31N3O6. The van der Waals surface area contributed by atoms with Gasteiger partial charge in [0.05, 0.1) is 50.4 Å². The Morgan fingerprint density at radius 2 is 1.66 bits per heavy atom. The van der Waals surface area contributed by atoms with Gasteiger partial charge in [0, 0.05) is 31.3 Å². The fourth-order valence-electron chi connectivity index (χ4n) is 4.53. The molecule has 1 amide bonds. The molecule has 2 aliphatic heterocycles. The third kappa shape index (κ3) is 5.46. The minimum atomic E-state index is -0.0158. The summed E-state index contributed by atoms with van der Waals surface area (Å²) >= 11 is 0. The number of fused-ring (bicyclic) bond motifs is 2. The zero-order valence-corrected chi connectivity index (χ0v) is 21.5. The van der Waals surface area contributed by atoms with Gasteiger partial charge in [-0.05, 0) is 55.3 Å². The average molecular weight is 518 g/mol. The number of rotatable bonds is 10. The summed E-state index contributed by atoms with van der Waals surface area (Å²) in [6.45, 7) is 1.58. The van der Waals surface area contributed by atoms with Crippen LogP contribution in [0.2, 0.25) is 0 Å². The molecule has 0 aliphatic carbocycles. The van der Waals surface area contributed by atoms with Crippen molar-refractivity contribution in [2.45, 2.75) is 25.3 Å². The number of amides is 1. The molecule has 0 spiro atoms. The fourth-order valence-corrected chi connectivity index (χ4v) is 4.53. The van der Waals surface area contributed by atoms with Crippen molar-refractivity contribution in [2.75, 3.05) is 39.7 Å². The molecule has 0 radical (unpaired) electrons. The summed E-state index contributed by atoms with van der Waals surface area (Å²) in [6.07, 6.45) is 4.42. The normalized spacial score (nSPS) is 15.9. The minimum absolute atomic E-state index is 0.0158. The van der Waals surface area contributed by atoms with Crippen LogP contribution in [0.5, 0.6) is 34.5 Å².